The molecule has 0 aromatic carbocycles. The highest BCUT2D eigenvalue weighted by molar-refractivity contribution is 5.78. The minimum absolute atomic E-state index is 0.0994. The van der Waals surface area contributed by atoms with Crippen molar-refractivity contribution in [3.8, 4) is 0 Å². The van der Waals surface area contributed by atoms with Gasteiger partial charge in [-0.05, 0) is 25.5 Å². The van der Waals surface area contributed by atoms with Crippen molar-refractivity contribution in [2.24, 2.45) is 0 Å². The van der Waals surface area contributed by atoms with E-state index in [0.29, 0.717) is 18.0 Å². The summed E-state index contributed by atoms with van der Waals surface area (Å²) in [6, 6.07) is 5.66. The number of carbonyl (C=O) groups is 1. The van der Waals surface area contributed by atoms with Crippen LogP contribution in [-0.4, -0.2) is 29.1 Å². The summed E-state index contributed by atoms with van der Waals surface area (Å²) in [7, 11) is 0. The Morgan fingerprint density at radius 2 is 2.47 bits per heavy atom. The van der Waals surface area contributed by atoms with Crippen LogP contribution < -0.4 is 0 Å². The molecule has 2 aromatic rings. The predicted molar refractivity (Wildman–Crippen MR) is 67.6 cm³/mol. The lowest BCUT2D eigenvalue weighted by atomic mass is 10.1. The molecular weight excluding hydrogens is 244 g/mol. The van der Waals surface area contributed by atoms with Crippen LogP contribution in [0.5, 0.6) is 0 Å². The topological polar surface area (TPSA) is 59.5 Å². The summed E-state index contributed by atoms with van der Waals surface area (Å²) < 4.78 is 10.4. The first-order chi connectivity index (χ1) is 9.22. The summed E-state index contributed by atoms with van der Waals surface area (Å²) in [4.78, 5) is 14.0. The third-order valence-electron chi connectivity index (χ3n) is 3.50. The molecular formula is C14H16N2O3. The van der Waals surface area contributed by atoms with Gasteiger partial charge in [0.2, 0.25) is 5.91 Å². The van der Waals surface area contributed by atoms with Gasteiger partial charge >= 0.3 is 0 Å². The quantitative estimate of drug-likeness (QED) is 0.848. The number of likely N-dealkylation sites (tertiary alicyclic amines) is 1. The second-order valence-corrected chi connectivity index (χ2v) is 4.95. The van der Waals surface area contributed by atoms with Gasteiger partial charge in [-0.1, -0.05) is 5.16 Å². The molecule has 0 spiro atoms. The molecule has 0 saturated carbocycles. The monoisotopic (exact) mass is 260 g/mol. The van der Waals surface area contributed by atoms with Gasteiger partial charge in [0.05, 0.1) is 18.4 Å². The Hall–Kier alpha value is -2.04. The molecule has 1 atom stereocenters. The van der Waals surface area contributed by atoms with Crippen molar-refractivity contribution in [1.29, 1.82) is 0 Å². The zero-order valence-corrected chi connectivity index (χ0v) is 10.8. The Kier molecular flexibility index (Phi) is 3.11. The summed E-state index contributed by atoms with van der Waals surface area (Å²) in [5.41, 5.74) is 0.698. The average Bonchev–Trinajstić information content (AvgIpc) is 3.08. The Balaban J connectivity index is 1.60. The number of aryl methyl sites for hydroxylation is 1. The van der Waals surface area contributed by atoms with Crippen LogP contribution in [-0.2, 0) is 11.2 Å². The maximum absolute atomic E-state index is 12.2. The Labute approximate surface area is 111 Å². The van der Waals surface area contributed by atoms with E-state index in [1.807, 2.05) is 24.0 Å². The summed E-state index contributed by atoms with van der Waals surface area (Å²) in [6.07, 6.45) is 2.94. The minimum Gasteiger partial charge on any atom is -0.469 e. The van der Waals surface area contributed by atoms with Crippen molar-refractivity contribution >= 4 is 5.91 Å². The lowest BCUT2D eigenvalue weighted by Gasteiger charge is -2.15. The lowest BCUT2D eigenvalue weighted by Crippen LogP contribution is -2.29. The first-order valence-electron chi connectivity index (χ1n) is 6.46. The molecule has 1 fully saturated rings. The number of amides is 1. The molecule has 1 aliphatic rings. The molecule has 19 heavy (non-hydrogen) atoms. The molecule has 0 N–H and O–H groups in total. The van der Waals surface area contributed by atoms with E-state index in [-0.39, 0.29) is 5.91 Å². The molecule has 1 saturated heterocycles. The second-order valence-electron chi connectivity index (χ2n) is 4.95. The highest BCUT2D eigenvalue weighted by Crippen LogP contribution is 2.27. The van der Waals surface area contributed by atoms with Gasteiger partial charge in [0.1, 0.15) is 11.5 Å². The molecule has 1 amide bonds. The van der Waals surface area contributed by atoms with E-state index in [0.717, 1.165) is 31.0 Å². The van der Waals surface area contributed by atoms with Crippen LogP contribution >= 0.6 is 0 Å². The third kappa shape index (κ3) is 2.54. The van der Waals surface area contributed by atoms with Crippen LogP contribution in [0.3, 0.4) is 0 Å². The number of hydrogen-bond acceptors (Lipinski definition) is 4. The first kappa shape index (κ1) is 12.0. The van der Waals surface area contributed by atoms with Gasteiger partial charge in [-0.3, -0.25) is 4.79 Å². The number of hydrogen-bond donors (Lipinski definition) is 0. The van der Waals surface area contributed by atoms with Gasteiger partial charge in [-0.15, -0.1) is 0 Å². The van der Waals surface area contributed by atoms with Gasteiger partial charge in [0, 0.05) is 25.1 Å². The number of rotatable bonds is 3. The molecule has 0 radical (unpaired) electrons. The van der Waals surface area contributed by atoms with Crippen LogP contribution in [0.4, 0.5) is 0 Å². The molecule has 1 unspecified atom stereocenters. The number of nitrogens with zero attached hydrogens (tertiary/aromatic N) is 2. The molecule has 2 aromatic heterocycles. The molecule has 0 aliphatic carbocycles. The van der Waals surface area contributed by atoms with Crippen LogP contribution in [0.15, 0.2) is 33.4 Å². The first-order valence-corrected chi connectivity index (χ1v) is 6.46. The molecule has 5 heteroatoms. The molecule has 5 nitrogen and oxygen atoms in total. The molecule has 1 aliphatic heterocycles. The van der Waals surface area contributed by atoms with Crippen molar-refractivity contribution in [1.82, 2.24) is 10.1 Å². The summed E-state index contributed by atoms with van der Waals surface area (Å²) in [5.74, 6) is 2.12. The van der Waals surface area contributed by atoms with Crippen LogP contribution in [0.25, 0.3) is 0 Å². The number of furan rings is 1. The van der Waals surface area contributed by atoms with Gasteiger partial charge in [0.15, 0.2) is 0 Å². The highest BCUT2D eigenvalue weighted by Gasteiger charge is 2.29. The zero-order chi connectivity index (χ0) is 13.2. The van der Waals surface area contributed by atoms with E-state index in [2.05, 4.69) is 5.16 Å². The number of carbonyl (C=O) groups excluding carboxylic acids is 1. The minimum atomic E-state index is 0.0994. The van der Waals surface area contributed by atoms with Crippen LogP contribution in [0.1, 0.15) is 29.6 Å². The highest BCUT2D eigenvalue weighted by atomic mass is 16.5. The summed E-state index contributed by atoms with van der Waals surface area (Å²) >= 11 is 0. The standard InChI is InChI=1S/C14H16N2O3/c1-10-7-12(15-19-10)8-14(17)16-5-4-11(9-16)13-3-2-6-18-13/h2-3,6-7,11H,4-5,8-9H2,1H3. The summed E-state index contributed by atoms with van der Waals surface area (Å²) in [6.45, 7) is 3.33. The van der Waals surface area contributed by atoms with Crippen molar-refractivity contribution in [3.05, 3.63) is 41.7 Å². The van der Waals surface area contributed by atoms with E-state index in [9.17, 15) is 4.79 Å². The van der Waals surface area contributed by atoms with E-state index in [1.165, 1.54) is 0 Å². The van der Waals surface area contributed by atoms with E-state index in [4.69, 9.17) is 8.94 Å². The largest absolute Gasteiger partial charge is 0.469 e. The van der Waals surface area contributed by atoms with Crippen molar-refractivity contribution in [3.63, 3.8) is 0 Å². The number of aromatic nitrogens is 1. The average molecular weight is 260 g/mol. The molecule has 100 valence electrons. The normalized spacial score (nSPS) is 19.0. The third-order valence-corrected chi connectivity index (χ3v) is 3.50. The molecule has 3 rings (SSSR count). The fraction of sp³-hybridized carbons (Fsp3) is 0.429. The van der Waals surface area contributed by atoms with E-state index >= 15 is 0 Å². The van der Waals surface area contributed by atoms with Crippen molar-refractivity contribution in [2.75, 3.05) is 13.1 Å². The second kappa shape index (κ2) is 4.91. The molecule has 0 bridgehead atoms. The molecule has 3 heterocycles. The van der Waals surface area contributed by atoms with Gasteiger partial charge in [-0.2, -0.15) is 0 Å². The Morgan fingerprint density at radius 1 is 1.58 bits per heavy atom. The Bertz CT molecular complexity index is 559. The van der Waals surface area contributed by atoms with E-state index < -0.39 is 0 Å². The SMILES string of the molecule is Cc1cc(CC(=O)N2CCC(c3ccco3)C2)no1. The zero-order valence-electron chi connectivity index (χ0n) is 10.8. The van der Waals surface area contributed by atoms with Crippen molar-refractivity contribution in [2.45, 2.75) is 25.7 Å². The predicted octanol–water partition coefficient (Wildman–Crippen LogP) is 2.13. The fourth-order valence-corrected chi connectivity index (χ4v) is 2.51. The van der Waals surface area contributed by atoms with Gasteiger partial charge < -0.3 is 13.8 Å². The van der Waals surface area contributed by atoms with Crippen molar-refractivity contribution < 1.29 is 13.7 Å². The fourth-order valence-electron chi connectivity index (χ4n) is 2.51. The lowest BCUT2D eigenvalue weighted by molar-refractivity contribution is -0.129. The summed E-state index contributed by atoms with van der Waals surface area (Å²) in [5, 5.41) is 3.86. The maximum Gasteiger partial charge on any atom is 0.228 e. The van der Waals surface area contributed by atoms with E-state index in [1.54, 1.807) is 12.3 Å². The van der Waals surface area contributed by atoms with Crippen LogP contribution in [0.2, 0.25) is 0 Å². The van der Waals surface area contributed by atoms with Crippen LogP contribution in [0, 0.1) is 6.92 Å². The van der Waals surface area contributed by atoms with Gasteiger partial charge in [-0.25, -0.2) is 0 Å². The smallest absolute Gasteiger partial charge is 0.228 e. The maximum atomic E-state index is 12.2. The Morgan fingerprint density at radius 3 is 3.16 bits per heavy atom. The van der Waals surface area contributed by atoms with Gasteiger partial charge in [0.25, 0.3) is 0 Å².